The van der Waals surface area contributed by atoms with Crippen molar-refractivity contribution in [3.63, 3.8) is 0 Å². The largest absolute Gasteiger partial charge is 0.384 e. The number of nitrogens with one attached hydrogen (secondary N) is 2. The summed E-state index contributed by atoms with van der Waals surface area (Å²) in [6.07, 6.45) is 1.27. The highest BCUT2D eigenvalue weighted by Gasteiger charge is 2.45. The minimum Gasteiger partial charge on any atom is -0.384 e. The molecule has 1 spiro atoms. The van der Waals surface area contributed by atoms with Crippen LogP contribution in [-0.4, -0.2) is 54.5 Å². The number of hydrogen-bond donors (Lipinski definition) is 2. The number of carbonyl (C=O) groups is 1. The van der Waals surface area contributed by atoms with Crippen molar-refractivity contribution < 1.29 is 9.53 Å². The SMILES string of the molecule is COCCC(=O)N1CC[C@]2(C1)NCc1ccccc1NC2=NC(C)(C)C. The van der Waals surface area contributed by atoms with Gasteiger partial charge in [0, 0.05) is 32.4 Å². The van der Waals surface area contributed by atoms with E-state index in [2.05, 4.69) is 49.6 Å². The van der Waals surface area contributed by atoms with Crippen LogP contribution >= 0.6 is 0 Å². The van der Waals surface area contributed by atoms with Gasteiger partial charge >= 0.3 is 0 Å². The number of anilines is 1. The number of aliphatic imine (C=N–C) groups is 1. The van der Waals surface area contributed by atoms with Gasteiger partial charge in [-0.1, -0.05) is 18.2 Å². The van der Waals surface area contributed by atoms with Crippen molar-refractivity contribution in [1.29, 1.82) is 0 Å². The molecule has 1 fully saturated rings. The maximum absolute atomic E-state index is 12.5. The average molecular weight is 358 g/mol. The first-order valence-corrected chi connectivity index (χ1v) is 9.30. The topological polar surface area (TPSA) is 66.0 Å². The minimum atomic E-state index is -0.338. The highest BCUT2D eigenvalue weighted by molar-refractivity contribution is 6.04. The summed E-state index contributed by atoms with van der Waals surface area (Å²) in [4.78, 5) is 19.4. The van der Waals surface area contributed by atoms with E-state index in [1.807, 2.05) is 11.0 Å². The quantitative estimate of drug-likeness (QED) is 0.871. The van der Waals surface area contributed by atoms with Crippen LogP contribution in [0.3, 0.4) is 0 Å². The number of amidine groups is 1. The van der Waals surface area contributed by atoms with E-state index in [0.29, 0.717) is 19.6 Å². The van der Waals surface area contributed by atoms with Gasteiger partial charge in [-0.3, -0.25) is 15.1 Å². The van der Waals surface area contributed by atoms with Crippen molar-refractivity contribution in [1.82, 2.24) is 10.2 Å². The minimum absolute atomic E-state index is 0.141. The van der Waals surface area contributed by atoms with E-state index >= 15 is 0 Å². The molecular formula is C20H30N4O2. The zero-order chi connectivity index (χ0) is 18.8. The first-order valence-electron chi connectivity index (χ1n) is 9.30. The second-order valence-corrected chi connectivity index (χ2v) is 8.16. The molecule has 1 saturated heterocycles. The second kappa shape index (κ2) is 7.37. The summed E-state index contributed by atoms with van der Waals surface area (Å²) in [5.74, 6) is 1.07. The van der Waals surface area contributed by atoms with Crippen LogP contribution in [0.25, 0.3) is 0 Å². The molecule has 1 aromatic rings. The highest BCUT2D eigenvalue weighted by Crippen LogP contribution is 2.31. The molecule has 1 amide bonds. The van der Waals surface area contributed by atoms with Crippen molar-refractivity contribution in [2.75, 3.05) is 32.1 Å². The molecule has 0 saturated carbocycles. The van der Waals surface area contributed by atoms with Crippen LogP contribution < -0.4 is 10.6 Å². The van der Waals surface area contributed by atoms with Gasteiger partial charge in [0.05, 0.1) is 24.1 Å². The predicted octanol–water partition coefficient (Wildman–Crippen LogP) is 2.41. The van der Waals surface area contributed by atoms with E-state index in [4.69, 9.17) is 9.73 Å². The lowest BCUT2D eigenvalue weighted by atomic mass is 9.95. The Morgan fingerprint density at radius 2 is 2.12 bits per heavy atom. The Kier molecular flexibility index (Phi) is 5.34. The van der Waals surface area contributed by atoms with Crippen LogP contribution in [0.5, 0.6) is 0 Å². The molecule has 0 aliphatic carbocycles. The Morgan fingerprint density at radius 3 is 2.85 bits per heavy atom. The van der Waals surface area contributed by atoms with Gasteiger partial charge in [-0.15, -0.1) is 0 Å². The first-order chi connectivity index (χ1) is 12.3. The second-order valence-electron chi connectivity index (χ2n) is 8.16. The summed E-state index contributed by atoms with van der Waals surface area (Å²) in [7, 11) is 1.63. The van der Waals surface area contributed by atoms with E-state index < -0.39 is 0 Å². The molecule has 2 aliphatic heterocycles. The van der Waals surface area contributed by atoms with Crippen molar-refractivity contribution in [2.24, 2.45) is 4.99 Å². The van der Waals surface area contributed by atoms with Gasteiger partial charge in [0.1, 0.15) is 5.84 Å². The van der Waals surface area contributed by atoms with Crippen LogP contribution in [0.1, 0.15) is 39.2 Å². The summed E-state index contributed by atoms with van der Waals surface area (Å²) in [5, 5.41) is 7.28. The molecule has 6 nitrogen and oxygen atoms in total. The third kappa shape index (κ3) is 4.07. The molecule has 0 unspecified atom stereocenters. The van der Waals surface area contributed by atoms with Gasteiger partial charge in [0.2, 0.25) is 5.91 Å². The monoisotopic (exact) mass is 358 g/mol. The smallest absolute Gasteiger partial charge is 0.224 e. The van der Waals surface area contributed by atoms with Gasteiger partial charge in [0.25, 0.3) is 0 Å². The Balaban J connectivity index is 1.89. The fraction of sp³-hybridized carbons (Fsp3) is 0.600. The van der Waals surface area contributed by atoms with E-state index in [0.717, 1.165) is 31.0 Å². The fourth-order valence-corrected chi connectivity index (χ4v) is 3.57. The van der Waals surface area contributed by atoms with Gasteiger partial charge in [0.15, 0.2) is 0 Å². The zero-order valence-electron chi connectivity index (χ0n) is 16.3. The highest BCUT2D eigenvalue weighted by atomic mass is 16.5. The van der Waals surface area contributed by atoms with Gasteiger partial charge < -0.3 is 15.0 Å². The zero-order valence-corrected chi connectivity index (χ0v) is 16.3. The maximum Gasteiger partial charge on any atom is 0.224 e. The molecular weight excluding hydrogens is 328 g/mol. The summed E-state index contributed by atoms with van der Waals surface area (Å²) in [6.45, 7) is 8.88. The van der Waals surface area contributed by atoms with Crippen LogP contribution in [0.2, 0.25) is 0 Å². The third-order valence-electron chi connectivity index (χ3n) is 4.93. The third-order valence-corrected chi connectivity index (χ3v) is 4.93. The number of rotatable bonds is 3. The fourth-order valence-electron chi connectivity index (χ4n) is 3.57. The van der Waals surface area contributed by atoms with Gasteiger partial charge in [-0.05, 0) is 38.8 Å². The number of fused-ring (bicyclic) bond motifs is 1. The van der Waals surface area contributed by atoms with Crippen molar-refractivity contribution in [2.45, 2.75) is 51.2 Å². The summed E-state index contributed by atoms with van der Waals surface area (Å²) in [5.41, 5.74) is 1.76. The van der Waals surface area contributed by atoms with E-state index in [1.54, 1.807) is 7.11 Å². The predicted molar refractivity (Wildman–Crippen MR) is 105 cm³/mol. The molecule has 142 valence electrons. The van der Waals surface area contributed by atoms with Crippen LogP contribution in [0, 0.1) is 0 Å². The van der Waals surface area contributed by atoms with E-state index in [1.165, 1.54) is 5.56 Å². The number of likely N-dealkylation sites (tertiary alicyclic amines) is 1. The van der Waals surface area contributed by atoms with Crippen molar-refractivity contribution in [3.05, 3.63) is 29.8 Å². The summed E-state index contributed by atoms with van der Waals surface area (Å²) in [6, 6.07) is 8.30. The molecule has 1 aromatic carbocycles. The van der Waals surface area contributed by atoms with E-state index in [-0.39, 0.29) is 17.0 Å². The Labute approximate surface area is 156 Å². The number of carbonyl (C=O) groups excluding carboxylic acids is 1. The van der Waals surface area contributed by atoms with Crippen LogP contribution in [-0.2, 0) is 16.1 Å². The molecule has 0 aromatic heterocycles. The maximum atomic E-state index is 12.5. The standard InChI is InChI=1S/C20H30N4O2/c1-19(2,3)23-18-20(10-11-24(14-20)17(25)9-12-26-4)21-13-15-7-5-6-8-16(15)22-18/h5-8,21H,9-14H2,1-4H3,(H,22,23)/t20-/m1/s1. The molecule has 0 radical (unpaired) electrons. The number of benzene rings is 1. The molecule has 2 heterocycles. The summed E-state index contributed by atoms with van der Waals surface area (Å²) >= 11 is 0. The van der Waals surface area contributed by atoms with Gasteiger partial charge in [-0.25, -0.2) is 0 Å². The van der Waals surface area contributed by atoms with Crippen LogP contribution in [0.4, 0.5) is 5.69 Å². The number of methoxy groups -OCH3 is 1. The normalized spacial score (nSPS) is 24.5. The molecule has 1 atom stereocenters. The lowest BCUT2D eigenvalue weighted by molar-refractivity contribution is -0.131. The number of amides is 1. The number of nitrogens with zero attached hydrogens (tertiary/aromatic N) is 2. The molecule has 3 rings (SSSR count). The van der Waals surface area contributed by atoms with Gasteiger partial charge in [-0.2, -0.15) is 0 Å². The average Bonchev–Trinajstić information content (AvgIpc) is 2.96. The molecule has 2 N–H and O–H groups in total. The number of para-hydroxylation sites is 1. The Hall–Kier alpha value is -1.92. The van der Waals surface area contributed by atoms with E-state index in [9.17, 15) is 4.79 Å². The Morgan fingerprint density at radius 1 is 1.35 bits per heavy atom. The molecule has 6 heteroatoms. The summed E-state index contributed by atoms with van der Waals surface area (Å²) < 4.78 is 5.06. The lowest BCUT2D eigenvalue weighted by Crippen LogP contribution is -2.56. The molecule has 2 aliphatic rings. The number of hydrogen-bond acceptors (Lipinski definition) is 4. The van der Waals surface area contributed by atoms with Crippen molar-refractivity contribution >= 4 is 17.4 Å². The van der Waals surface area contributed by atoms with Crippen LogP contribution in [0.15, 0.2) is 29.3 Å². The lowest BCUT2D eigenvalue weighted by Gasteiger charge is -2.32. The van der Waals surface area contributed by atoms with Crippen molar-refractivity contribution in [3.8, 4) is 0 Å². The molecule has 26 heavy (non-hydrogen) atoms. The number of ether oxygens (including phenoxy) is 1. The molecule has 0 bridgehead atoms. The first kappa shape index (κ1) is 18.9. The Bertz CT molecular complexity index is 695.